The molecule has 0 aliphatic rings. The first-order valence-electron chi connectivity index (χ1n) is 5.67. The summed E-state index contributed by atoms with van der Waals surface area (Å²) < 4.78 is 10.4. The van der Waals surface area contributed by atoms with Crippen LogP contribution in [0.15, 0.2) is 36.4 Å². The lowest BCUT2D eigenvalue weighted by molar-refractivity contribution is 0.408. The van der Waals surface area contributed by atoms with E-state index in [-0.39, 0.29) is 5.75 Å². The first kappa shape index (κ1) is 12.3. The lowest BCUT2D eigenvalue weighted by Crippen LogP contribution is -1.88. The zero-order valence-electron chi connectivity index (χ0n) is 10.7. The average Bonchev–Trinajstić information content (AvgIpc) is 2.37. The van der Waals surface area contributed by atoms with Crippen molar-refractivity contribution in [3.63, 3.8) is 0 Å². The van der Waals surface area contributed by atoms with E-state index < -0.39 is 0 Å². The first-order chi connectivity index (χ1) is 8.63. The Balaban J connectivity index is 2.48. The van der Waals surface area contributed by atoms with E-state index >= 15 is 0 Å². The predicted molar refractivity (Wildman–Crippen MR) is 71.4 cm³/mol. The number of phenols is 1. The van der Waals surface area contributed by atoms with Crippen LogP contribution >= 0.6 is 0 Å². The molecule has 1 N–H and O–H groups in total. The van der Waals surface area contributed by atoms with Gasteiger partial charge in [-0.05, 0) is 47.9 Å². The number of ether oxygens (including phenoxy) is 2. The van der Waals surface area contributed by atoms with Gasteiger partial charge < -0.3 is 14.6 Å². The Kier molecular flexibility index (Phi) is 3.42. The number of phenolic OH excluding ortho intramolecular Hbond substituents is 1. The maximum Gasteiger partial charge on any atom is 0.123 e. The Morgan fingerprint density at radius 3 is 2.28 bits per heavy atom. The van der Waals surface area contributed by atoms with Crippen LogP contribution in [0, 0.1) is 6.92 Å². The molecule has 0 saturated carbocycles. The largest absolute Gasteiger partial charge is 0.508 e. The minimum absolute atomic E-state index is 0.192. The van der Waals surface area contributed by atoms with Gasteiger partial charge >= 0.3 is 0 Å². The molecule has 0 spiro atoms. The van der Waals surface area contributed by atoms with Gasteiger partial charge in [-0.2, -0.15) is 0 Å². The molecule has 0 saturated heterocycles. The summed E-state index contributed by atoms with van der Waals surface area (Å²) in [6, 6.07) is 11.1. The van der Waals surface area contributed by atoms with Crippen LogP contribution in [0.3, 0.4) is 0 Å². The Bertz CT molecular complexity index is 562. The van der Waals surface area contributed by atoms with Gasteiger partial charge in [-0.25, -0.2) is 0 Å². The fourth-order valence-corrected chi connectivity index (χ4v) is 1.93. The normalized spacial score (nSPS) is 10.2. The second-order valence-corrected chi connectivity index (χ2v) is 4.10. The molecule has 0 fully saturated rings. The number of hydrogen-bond donors (Lipinski definition) is 1. The average molecular weight is 244 g/mol. The van der Waals surface area contributed by atoms with Gasteiger partial charge in [0.2, 0.25) is 0 Å². The highest BCUT2D eigenvalue weighted by Crippen LogP contribution is 2.31. The summed E-state index contributed by atoms with van der Waals surface area (Å²) >= 11 is 0. The summed E-state index contributed by atoms with van der Waals surface area (Å²) in [6.07, 6.45) is 0. The van der Waals surface area contributed by atoms with Gasteiger partial charge in [-0.3, -0.25) is 0 Å². The van der Waals surface area contributed by atoms with Crippen molar-refractivity contribution < 1.29 is 14.6 Å². The molecule has 3 heteroatoms. The quantitative estimate of drug-likeness (QED) is 0.899. The van der Waals surface area contributed by atoms with Gasteiger partial charge in [0.25, 0.3) is 0 Å². The highest BCUT2D eigenvalue weighted by molar-refractivity contribution is 5.68. The van der Waals surface area contributed by atoms with E-state index in [2.05, 4.69) is 0 Å². The van der Waals surface area contributed by atoms with Crippen LogP contribution in [0.2, 0.25) is 0 Å². The third-order valence-electron chi connectivity index (χ3n) is 2.86. The Hall–Kier alpha value is -2.16. The summed E-state index contributed by atoms with van der Waals surface area (Å²) in [6.45, 7) is 1.99. The summed E-state index contributed by atoms with van der Waals surface area (Å²) in [5, 5.41) is 9.65. The van der Waals surface area contributed by atoms with Crippen LogP contribution in [0.1, 0.15) is 5.56 Å². The molecule has 0 aliphatic heterocycles. The number of aryl methyl sites for hydroxylation is 1. The first-order valence-corrected chi connectivity index (χ1v) is 5.67. The molecule has 0 unspecified atom stereocenters. The van der Waals surface area contributed by atoms with Gasteiger partial charge in [0, 0.05) is 6.07 Å². The van der Waals surface area contributed by atoms with Crippen LogP contribution < -0.4 is 9.47 Å². The number of benzene rings is 2. The van der Waals surface area contributed by atoms with E-state index in [0.29, 0.717) is 5.75 Å². The maximum absolute atomic E-state index is 9.65. The van der Waals surface area contributed by atoms with Crippen molar-refractivity contribution in [2.45, 2.75) is 6.92 Å². The number of hydrogen-bond acceptors (Lipinski definition) is 3. The van der Waals surface area contributed by atoms with Crippen LogP contribution in [0.25, 0.3) is 11.1 Å². The van der Waals surface area contributed by atoms with Crippen molar-refractivity contribution in [1.29, 1.82) is 0 Å². The highest BCUT2D eigenvalue weighted by Gasteiger charge is 2.05. The van der Waals surface area contributed by atoms with Crippen molar-refractivity contribution >= 4 is 0 Å². The van der Waals surface area contributed by atoms with Crippen molar-refractivity contribution in [2.75, 3.05) is 14.2 Å². The van der Waals surface area contributed by atoms with E-state index in [1.165, 1.54) is 0 Å². The molecule has 0 bridgehead atoms. The topological polar surface area (TPSA) is 38.7 Å². The van der Waals surface area contributed by atoms with E-state index in [1.54, 1.807) is 26.4 Å². The Labute approximate surface area is 107 Å². The SMILES string of the molecule is COc1cc(O)cc(-c2ccc(OC)c(C)c2)c1. The van der Waals surface area contributed by atoms with E-state index in [1.807, 2.05) is 31.2 Å². The zero-order valence-corrected chi connectivity index (χ0v) is 10.7. The number of rotatable bonds is 3. The number of aromatic hydroxyl groups is 1. The minimum Gasteiger partial charge on any atom is -0.508 e. The Morgan fingerprint density at radius 1 is 0.889 bits per heavy atom. The maximum atomic E-state index is 9.65. The van der Waals surface area contributed by atoms with Crippen LogP contribution in [0.4, 0.5) is 0 Å². The standard InChI is InChI=1S/C15H16O3/c1-10-6-11(4-5-15(10)18-3)12-7-13(16)9-14(8-12)17-2/h4-9,16H,1-3H3. The van der Waals surface area contributed by atoms with Gasteiger partial charge in [-0.15, -0.1) is 0 Å². The van der Waals surface area contributed by atoms with Gasteiger partial charge in [0.05, 0.1) is 14.2 Å². The summed E-state index contributed by atoms with van der Waals surface area (Å²) in [7, 11) is 3.23. The van der Waals surface area contributed by atoms with Crippen molar-refractivity contribution in [1.82, 2.24) is 0 Å². The van der Waals surface area contributed by atoms with Crippen molar-refractivity contribution in [3.05, 3.63) is 42.0 Å². The molecule has 2 rings (SSSR count). The molecular formula is C15H16O3. The molecule has 0 amide bonds. The molecular weight excluding hydrogens is 228 g/mol. The van der Waals surface area contributed by atoms with E-state index in [0.717, 1.165) is 22.4 Å². The van der Waals surface area contributed by atoms with Crippen LogP contribution in [-0.4, -0.2) is 19.3 Å². The fourth-order valence-electron chi connectivity index (χ4n) is 1.93. The van der Waals surface area contributed by atoms with Gasteiger partial charge in [-0.1, -0.05) is 6.07 Å². The minimum atomic E-state index is 0.192. The lowest BCUT2D eigenvalue weighted by Gasteiger charge is -2.09. The fraction of sp³-hybridized carbons (Fsp3) is 0.200. The molecule has 94 valence electrons. The molecule has 18 heavy (non-hydrogen) atoms. The third kappa shape index (κ3) is 2.40. The van der Waals surface area contributed by atoms with Crippen LogP contribution in [0.5, 0.6) is 17.2 Å². The highest BCUT2D eigenvalue weighted by atomic mass is 16.5. The van der Waals surface area contributed by atoms with E-state index in [4.69, 9.17) is 9.47 Å². The third-order valence-corrected chi connectivity index (χ3v) is 2.86. The zero-order chi connectivity index (χ0) is 13.1. The molecule has 0 atom stereocenters. The molecule has 2 aromatic rings. The predicted octanol–water partition coefficient (Wildman–Crippen LogP) is 3.38. The lowest BCUT2D eigenvalue weighted by atomic mass is 10.0. The molecule has 3 nitrogen and oxygen atoms in total. The van der Waals surface area contributed by atoms with E-state index in [9.17, 15) is 5.11 Å². The molecule has 0 heterocycles. The summed E-state index contributed by atoms with van der Waals surface area (Å²) in [4.78, 5) is 0. The Morgan fingerprint density at radius 2 is 1.67 bits per heavy atom. The van der Waals surface area contributed by atoms with Gasteiger partial charge in [0.1, 0.15) is 17.2 Å². The van der Waals surface area contributed by atoms with Crippen LogP contribution in [-0.2, 0) is 0 Å². The van der Waals surface area contributed by atoms with Crippen molar-refractivity contribution in [3.8, 4) is 28.4 Å². The number of methoxy groups -OCH3 is 2. The second kappa shape index (κ2) is 5.00. The monoisotopic (exact) mass is 244 g/mol. The van der Waals surface area contributed by atoms with Crippen molar-refractivity contribution in [2.24, 2.45) is 0 Å². The second-order valence-electron chi connectivity index (χ2n) is 4.10. The molecule has 0 aromatic heterocycles. The van der Waals surface area contributed by atoms with Gasteiger partial charge in [0.15, 0.2) is 0 Å². The molecule has 0 radical (unpaired) electrons. The summed E-state index contributed by atoms with van der Waals surface area (Å²) in [5.74, 6) is 1.68. The smallest absolute Gasteiger partial charge is 0.123 e. The molecule has 2 aromatic carbocycles. The summed E-state index contributed by atoms with van der Waals surface area (Å²) in [5.41, 5.74) is 2.98. The molecule has 0 aliphatic carbocycles.